The number of hydrogen-bond donors (Lipinski definition) is 3. The smallest absolute Gasteiger partial charge is 0.305 e. The standard InChI is InChI=1S/C26H37NO5S/c1-3-7-21-18-19(9-11-22(21)32-17-6-5-16-28)8-10-20(4-2)23-12-13-24(33-23)26(31)27-15-14-25(29)30/h9,11-13,18,20,28H,3-8,10,14-17H2,1-2H3,(H,27,31)(H,29,30). The van der Waals surface area contributed by atoms with E-state index in [0.29, 0.717) is 17.4 Å². The molecule has 0 aliphatic carbocycles. The maximum Gasteiger partial charge on any atom is 0.305 e. The Balaban J connectivity index is 1.96. The van der Waals surface area contributed by atoms with Gasteiger partial charge in [-0.25, -0.2) is 0 Å². The number of amides is 1. The monoisotopic (exact) mass is 475 g/mol. The minimum Gasteiger partial charge on any atom is -0.493 e. The molecule has 33 heavy (non-hydrogen) atoms. The number of carbonyl (C=O) groups is 2. The fourth-order valence-corrected chi connectivity index (χ4v) is 4.88. The van der Waals surface area contributed by atoms with Crippen LogP contribution in [0.4, 0.5) is 0 Å². The number of thiophene rings is 1. The van der Waals surface area contributed by atoms with Gasteiger partial charge in [-0.1, -0.05) is 32.4 Å². The first-order valence-electron chi connectivity index (χ1n) is 11.9. The van der Waals surface area contributed by atoms with Crippen LogP contribution < -0.4 is 10.1 Å². The number of ether oxygens (including phenoxy) is 1. The molecule has 0 aliphatic heterocycles. The first kappa shape index (κ1) is 26.9. The summed E-state index contributed by atoms with van der Waals surface area (Å²) in [5.41, 5.74) is 2.53. The van der Waals surface area contributed by atoms with Crippen LogP contribution in [-0.2, 0) is 17.6 Å². The molecule has 3 N–H and O–H groups in total. The van der Waals surface area contributed by atoms with Crippen LogP contribution in [0.15, 0.2) is 30.3 Å². The van der Waals surface area contributed by atoms with Gasteiger partial charge in [0.25, 0.3) is 5.91 Å². The van der Waals surface area contributed by atoms with Crippen LogP contribution >= 0.6 is 11.3 Å². The maximum atomic E-state index is 12.3. The quantitative estimate of drug-likeness (QED) is 0.291. The van der Waals surface area contributed by atoms with Gasteiger partial charge >= 0.3 is 5.97 Å². The summed E-state index contributed by atoms with van der Waals surface area (Å²) in [5.74, 6) is 0.194. The third-order valence-corrected chi connectivity index (χ3v) is 6.85. The van der Waals surface area contributed by atoms with Crippen molar-refractivity contribution in [1.82, 2.24) is 5.32 Å². The lowest BCUT2D eigenvalue weighted by Crippen LogP contribution is -2.25. The van der Waals surface area contributed by atoms with Crippen molar-refractivity contribution in [2.75, 3.05) is 19.8 Å². The number of aliphatic hydroxyl groups is 1. The topological polar surface area (TPSA) is 95.9 Å². The molecule has 0 spiro atoms. The van der Waals surface area contributed by atoms with Crippen LogP contribution in [0.5, 0.6) is 5.75 Å². The van der Waals surface area contributed by atoms with Crippen LogP contribution in [0, 0.1) is 0 Å². The van der Waals surface area contributed by atoms with Gasteiger partial charge in [-0.05, 0) is 73.8 Å². The Morgan fingerprint density at radius 1 is 1.12 bits per heavy atom. The number of hydrogen-bond acceptors (Lipinski definition) is 5. The zero-order valence-corrected chi connectivity index (χ0v) is 20.6. The summed E-state index contributed by atoms with van der Waals surface area (Å²) in [6, 6.07) is 10.3. The number of benzene rings is 1. The van der Waals surface area contributed by atoms with Crippen LogP contribution in [-0.4, -0.2) is 41.8 Å². The summed E-state index contributed by atoms with van der Waals surface area (Å²) in [6.07, 6.45) is 6.52. The zero-order chi connectivity index (χ0) is 24.1. The van der Waals surface area contributed by atoms with Gasteiger partial charge in [-0.3, -0.25) is 9.59 Å². The summed E-state index contributed by atoms with van der Waals surface area (Å²) in [6.45, 7) is 5.30. The van der Waals surface area contributed by atoms with Crippen LogP contribution in [0.2, 0.25) is 0 Å². The lowest BCUT2D eigenvalue weighted by atomic mass is 9.94. The van der Waals surface area contributed by atoms with Gasteiger partial charge in [0, 0.05) is 18.0 Å². The summed E-state index contributed by atoms with van der Waals surface area (Å²) < 4.78 is 5.95. The van der Waals surface area contributed by atoms with Crippen molar-refractivity contribution in [3.63, 3.8) is 0 Å². The highest BCUT2D eigenvalue weighted by Gasteiger charge is 2.16. The van der Waals surface area contributed by atoms with E-state index < -0.39 is 5.97 Å². The molecule has 182 valence electrons. The lowest BCUT2D eigenvalue weighted by molar-refractivity contribution is -0.136. The number of carboxylic acids is 1. The maximum absolute atomic E-state index is 12.3. The summed E-state index contributed by atoms with van der Waals surface area (Å²) in [7, 11) is 0. The second-order valence-electron chi connectivity index (χ2n) is 8.22. The molecule has 2 rings (SSSR count). The Hall–Kier alpha value is -2.38. The van der Waals surface area contributed by atoms with Crippen molar-refractivity contribution < 1.29 is 24.5 Å². The Labute approximate surface area is 201 Å². The Bertz CT molecular complexity index is 879. The molecule has 1 aromatic carbocycles. The van der Waals surface area contributed by atoms with Gasteiger partial charge in [0.1, 0.15) is 5.75 Å². The highest BCUT2D eigenvalue weighted by Crippen LogP contribution is 2.32. The molecule has 0 bridgehead atoms. The molecule has 7 heteroatoms. The molecule has 1 atom stereocenters. The number of carboxylic acid groups (broad SMARTS) is 1. The molecule has 1 aromatic heterocycles. The molecule has 0 aliphatic rings. The fourth-order valence-electron chi connectivity index (χ4n) is 3.74. The molecule has 0 saturated carbocycles. The van der Waals surface area contributed by atoms with Crippen LogP contribution in [0.3, 0.4) is 0 Å². The van der Waals surface area contributed by atoms with Crippen molar-refractivity contribution >= 4 is 23.2 Å². The first-order valence-corrected chi connectivity index (χ1v) is 12.7. The third-order valence-electron chi connectivity index (χ3n) is 5.61. The van der Waals surface area contributed by atoms with Crippen LogP contribution in [0.1, 0.15) is 84.0 Å². The van der Waals surface area contributed by atoms with E-state index in [1.165, 1.54) is 27.3 Å². The summed E-state index contributed by atoms with van der Waals surface area (Å²) in [5, 5.41) is 20.3. The number of carbonyl (C=O) groups excluding carboxylic acids is 1. The van der Waals surface area contributed by atoms with E-state index in [4.69, 9.17) is 14.9 Å². The molecule has 0 radical (unpaired) electrons. The van der Waals surface area contributed by atoms with Crippen molar-refractivity contribution in [1.29, 1.82) is 0 Å². The molecule has 0 saturated heterocycles. The van der Waals surface area contributed by atoms with Gasteiger partial charge < -0.3 is 20.3 Å². The van der Waals surface area contributed by atoms with Gasteiger partial charge in [0.05, 0.1) is 17.9 Å². The SMILES string of the molecule is CCCc1cc(CCC(CC)c2ccc(C(=O)NCCC(=O)O)s2)ccc1OCCCCO. The molecule has 1 amide bonds. The Kier molecular flexibility index (Phi) is 12.0. The molecule has 0 fully saturated rings. The minimum absolute atomic E-state index is 0.0753. The summed E-state index contributed by atoms with van der Waals surface area (Å²) in [4.78, 5) is 24.7. The fraction of sp³-hybridized carbons (Fsp3) is 0.538. The number of unbranched alkanes of at least 4 members (excludes halogenated alkanes) is 1. The molecule has 2 aromatic rings. The Morgan fingerprint density at radius 2 is 1.94 bits per heavy atom. The number of nitrogens with one attached hydrogen (secondary N) is 1. The molecule has 1 unspecified atom stereocenters. The van der Waals surface area contributed by atoms with Crippen molar-refractivity contribution in [2.45, 2.75) is 71.1 Å². The average Bonchev–Trinajstić information content (AvgIpc) is 3.28. The second kappa shape index (κ2) is 14.7. The first-order chi connectivity index (χ1) is 16.0. The van der Waals surface area contributed by atoms with E-state index >= 15 is 0 Å². The van der Waals surface area contributed by atoms with Crippen molar-refractivity contribution in [3.05, 3.63) is 51.2 Å². The highest BCUT2D eigenvalue weighted by atomic mass is 32.1. The molecule has 6 nitrogen and oxygen atoms in total. The zero-order valence-electron chi connectivity index (χ0n) is 19.8. The number of aryl methyl sites for hydroxylation is 2. The van der Waals surface area contributed by atoms with Gasteiger partial charge in [-0.2, -0.15) is 0 Å². The second-order valence-corrected chi connectivity index (χ2v) is 9.33. The lowest BCUT2D eigenvalue weighted by Gasteiger charge is -2.15. The van der Waals surface area contributed by atoms with E-state index in [2.05, 4.69) is 37.4 Å². The predicted octanol–water partition coefficient (Wildman–Crippen LogP) is 5.18. The highest BCUT2D eigenvalue weighted by molar-refractivity contribution is 7.14. The third kappa shape index (κ3) is 9.18. The van der Waals surface area contributed by atoms with E-state index in [0.717, 1.165) is 50.7 Å². The van der Waals surface area contributed by atoms with Crippen LogP contribution in [0.25, 0.3) is 0 Å². The van der Waals surface area contributed by atoms with Gasteiger partial charge in [0.2, 0.25) is 0 Å². The largest absolute Gasteiger partial charge is 0.493 e. The van der Waals surface area contributed by atoms with E-state index in [-0.39, 0.29) is 25.5 Å². The average molecular weight is 476 g/mol. The predicted molar refractivity (Wildman–Crippen MR) is 133 cm³/mol. The van der Waals surface area contributed by atoms with Gasteiger partial charge in [0.15, 0.2) is 0 Å². The molecule has 1 heterocycles. The molecular formula is C26H37NO5S. The van der Waals surface area contributed by atoms with Crippen molar-refractivity contribution in [3.8, 4) is 5.75 Å². The minimum atomic E-state index is -0.920. The van der Waals surface area contributed by atoms with Gasteiger partial charge in [-0.15, -0.1) is 11.3 Å². The van der Waals surface area contributed by atoms with E-state index in [1.807, 2.05) is 12.1 Å². The van der Waals surface area contributed by atoms with E-state index in [9.17, 15) is 9.59 Å². The Morgan fingerprint density at radius 3 is 2.64 bits per heavy atom. The molecular weight excluding hydrogens is 438 g/mol. The number of aliphatic hydroxyl groups excluding tert-OH is 1. The number of rotatable bonds is 16. The number of aliphatic carboxylic acids is 1. The van der Waals surface area contributed by atoms with E-state index in [1.54, 1.807) is 0 Å². The summed E-state index contributed by atoms with van der Waals surface area (Å²) >= 11 is 1.50. The van der Waals surface area contributed by atoms with Crippen molar-refractivity contribution in [2.24, 2.45) is 0 Å². The normalized spacial score (nSPS) is 11.8.